The fourth-order valence-electron chi connectivity index (χ4n) is 3.38. The first-order chi connectivity index (χ1) is 12.5. The Labute approximate surface area is 162 Å². The number of thiazole rings is 1. The Hall–Kier alpha value is -2.11. The van der Waals surface area contributed by atoms with E-state index >= 15 is 0 Å². The second-order valence-corrected chi connectivity index (χ2v) is 8.13. The van der Waals surface area contributed by atoms with Gasteiger partial charge in [-0.15, -0.1) is 0 Å². The third-order valence-electron chi connectivity index (χ3n) is 4.74. The van der Waals surface area contributed by atoms with E-state index in [0.29, 0.717) is 23.7 Å². The molecule has 1 fully saturated rings. The van der Waals surface area contributed by atoms with Crippen molar-refractivity contribution >= 4 is 44.2 Å². The predicted octanol–water partition coefficient (Wildman–Crippen LogP) is 4.53. The molecule has 4 nitrogen and oxygen atoms in total. The summed E-state index contributed by atoms with van der Waals surface area (Å²) in [6.07, 6.45) is 0. The van der Waals surface area contributed by atoms with E-state index in [1.165, 1.54) is 15.8 Å². The second-order valence-electron chi connectivity index (χ2n) is 6.71. The van der Waals surface area contributed by atoms with E-state index in [1.54, 1.807) is 35.6 Å². The van der Waals surface area contributed by atoms with Gasteiger partial charge in [0.2, 0.25) is 0 Å². The molecule has 4 rings (SSSR count). The van der Waals surface area contributed by atoms with Crippen molar-refractivity contribution in [2.45, 2.75) is 13.8 Å². The molecule has 1 aromatic heterocycles. The van der Waals surface area contributed by atoms with Crippen LogP contribution in [-0.2, 0) is 0 Å². The van der Waals surface area contributed by atoms with Gasteiger partial charge in [0.15, 0.2) is 5.13 Å². The highest BCUT2D eigenvalue weighted by molar-refractivity contribution is 7.22. The highest BCUT2D eigenvalue weighted by Gasteiger charge is 2.24. The number of aryl methyl sites for hydroxylation is 2. The molecule has 1 aliphatic heterocycles. The zero-order valence-corrected chi connectivity index (χ0v) is 16.4. The molecule has 2 heterocycles. The van der Waals surface area contributed by atoms with Crippen LogP contribution in [0.15, 0.2) is 36.4 Å². The van der Waals surface area contributed by atoms with Gasteiger partial charge in [0, 0.05) is 36.8 Å². The van der Waals surface area contributed by atoms with E-state index in [4.69, 9.17) is 16.6 Å². The van der Waals surface area contributed by atoms with Crippen LogP contribution in [0.5, 0.6) is 0 Å². The van der Waals surface area contributed by atoms with Gasteiger partial charge in [-0.05, 0) is 55.3 Å². The van der Waals surface area contributed by atoms with Crippen LogP contribution in [0.3, 0.4) is 0 Å². The standard InChI is InChI=1S/C20H20ClN3OS/c1-13-11-14(2)18-17(12-13)22-20(26-18)24-9-7-23(8-10-24)19(25)15-3-5-16(21)6-4-15/h3-6,11-12H,7-10H2,1-2H3. The number of amides is 1. The topological polar surface area (TPSA) is 36.4 Å². The number of hydrogen-bond acceptors (Lipinski definition) is 4. The summed E-state index contributed by atoms with van der Waals surface area (Å²) in [4.78, 5) is 21.6. The first-order valence-corrected chi connectivity index (χ1v) is 9.88. The van der Waals surface area contributed by atoms with Crippen LogP contribution in [-0.4, -0.2) is 42.0 Å². The van der Waals surface area contributed by atoms with Crippen molar-refractivity contribution in [3.63, 3.8) is 0 Å². The molecule has 1 aliphatic rings. The Morgan fingerprint density at radius 1 is 1.08 bits per heavy atom. The van der Waals surface area contributed by atoms with Crippen molar-refractivity contribution in [2.24, 2.45) is 0 Å². The summed E-state index contributed by atoms with van der Waals surface area (Å²) in [6.45, 7) is 7.26. The fraction of sp³-hybridized carbons (Fsp3) is 0.300. The SMILES string of the molecule is Cc1cc(C)c2sc(N3CCN(C(=O)c4ccc(Cl)cc4)CC3)nc2c1. The van der Waals surface area contributed by atoms with Crippen LogP contribution in [0.25, 0.3) is 10.2 Å². The van der Waals surface area contributed by atoms with E-state index in [2.05, 4.69) is 30.9 Å². The molecule has 3 aromatic rings. The van der Waals surface area contributed by atoms with Crippen molar-refractivity contribution in [1.82, 2.24) is 9.88 Å². The molecule has 2 aromatic carbocycles. The van der Waals surface area contributed by atoms with Crippen molar-refractivity contribution in [3.05, 3.63) is 58.1 Å². The average Bonchev–Trinajstić information content (AvgIpc) is 3.06. The third kappa shape index (κ3) is 3.29. The summed E-state index contributed by atoms with van der Waals surface area (Å²) >= 11 is 7.65. The summed E-state index contributed by atoms with van der Waals surface area (Å²) < 4.78 is 1.25. The normalized spacial score (nSPS) is 14.9. The molecule has 1 saturated heterocycles. The number of nitrogens with zero attached hydrogens (tertiary/aromatic N) is 3. The van der Waals surface area contributed by atoms with Gasteiger partial charge in [-0.1, -0.05) is 29.0 Å². The maximum Gasteiger partial charge on any atom is 0.253 e. The van der Waals surface area contributed by atoms with Crippen LogP contribution in [0.1, 0.15) is 21.5 Å². The van der Waals surface area contributed by atoms with Crippen LogP contribution < -0.4 is 4.90 Å². The second kappa shape index (κ2) is 6.89. The lowest BCUT2D eigenvalue weighted by Crippen LogP contribution is -2.48. The van der Waals surface area contributed by atoms with E-state index < -0.39 is 0 Å². The number of carbonyl (C=O) groups is 1. The molecule has 6 heteroatoms. The monoisotopic (exact) mass is 385 g/mol. The molecule has 0 aliphatic carbocycles. The van der Waals surface area contributed by atoms with Crippen LogP contribution in [0.2, 0.25) is 5.02 Å². The van der Waals surface area contributed by atoms with Crippen LogP contribution >= 0.6 is 22.9 Å². The molecular formula is C20H20ClN3OS. The Morgan fingerprint density at radius 2 is 1.77 bits per heavy atom. The number of piperazine rings is 1. The number of fused-ring (bicyclic) bond motifs is 1. The molecule has 0 unspecified atom stereocenters. The van der Waals surface area contributed by atoms with Crippen molar-refractivity contribution in [1.29, 1.82) is 0 Å². The Morgan fingerprint density at radius 3 is 2.46 bits per heavy atom. The van der Waals surface area contributed by atoms with E-state index in [0.717, 1.165) is 23.7 Å². The van der Waals surface area contributed by atoms with Gasteiger partial charge < -0.3 is 9.80 Å². The molecule has 0 N–H and O–H groups in total. The Bertz CT molecular complexity index is 959. The predicted molar refractivity (Wildman–Crippen MR) is 109 cm³/mol. The van der Waals surface area contributed by atoms with E-state index in [9.17, 15) is 4.79 Å². The van der Waals surface area contributed by atoms with Gasteiger partial charge in [0.1, 0.15) is 0 Å². The summed E-state index contributed by atoms with van der Waals surface area (Å²) in [7, 11) is 0. The minimum Gasteiger partial charge on any atom is -0.345 e. The van der Waals surface area contributed by atoms with Crippen molar-refractivity contribution < 1.29 is 4.79 Å². The summed E-state index contributed by atoms with van der Waals surface area (Å²) in [6, 6.07) is 11.4. The lowest BCUT2D eigenvalue weighted by atomic mass is 10.1. The third-order valence-corrected chi connectivity index (χ3v) is 6.26. The van der Waals surface area contributed by atoms with Gasteiger partial charge in [0.05, 0.1) is 10.2 Å². The van der Waals surface area contributed by atoms with Gasteiger partial charge in [-0.2, -0.15) is 0 Å². The lowest BCUT2D eigenvalue weighted by Gasteiger charge is -2.34. The quantitative estimate of drug-likeness (QED) is 0.650. The van der Waals surface area contributed by atoms with E-state index in [-0.39, 0.29) is 5.91 Å². The number of aromatic nitrogens is 1. The van der Waals surface area contributed by atoms with E-state index in [1.807, 2.05) is 4.90 Å². The smallest absolute Gasteiger partial charge is 0.253 e. The molecule has 134 valence electrons. The fourth-order valence-corrected chi connectivity index (χ4v) is 4.57. The minimum atomic E-state index is 0.0667. The zero-order valence-electron chi connectivity index (χ0n) is 14.8. The first-order valence-electron chi connectivity index (χ1n) is 8.69. The first kappa shape index (κ1) is 17.3. The van der Waals surface area contributed by atoms with Gasteiger partial charge in [-0.25, -0.2) is 4.98 Å². The largest absolute Gasteiger partial charge is 0.345 e. The molecule has 26 heavy (non-hydrogen) atoms. The van der Waals surface area contributed by atoms with Gasteiger partial charge >= 0.3 is 0 Å². The minimum absolute atomic E-state index is 0.0667. The molecule has 0 atom stereocenters. The Balaban J connectivity index is 1.47. The molecule has 0 spiro atoms. The average molecular weight is 386 g/mol. The maximum absolute atomic E-state index is 12.6. The lowest BCUT2D eigenvalue weighted by molar-refractivity contribution is 0.0747. The molecule has 0 bridgehead atoms. The summed E-state index contributed by atoms with van der Waals surface area (Å²) in [5.74, 6) is 0.0667. The van der Waals surface area contributed by atoms with Crippen LogP contribution in [0.4, 0.5) is 5.13 Å². The van der Waals surface area contributed by atoms with Crippen LogP contribution in [0, 0.1) is 13.8 Å². The van der Waals surface area contributed by atoms with Gasteiger partial charge in [0.25, 0.3) is 5.91 Å². The highest BCUT2D eigenvalue weighted by atomic mass is 35.5. The zero-order chi connectivity index (χ0) is 18.3. The van der Waals surface area contributed by atoms with Gasteiger partial charge in [-0.3, -0.25) is 4.79 Å². The molecule has 1 amide bonds. The highest BCUT2D eigenvalue weighted by Crippen LogP contribution is 2.32. The molecule has 0 radical (unpaired) electrons. The number of carbonyl (C=O) groups excluding carboxylic acids is 1. The summed E-state index contributed by atoms with van der Waals surface area (Å²) in [5.41, 5.74) is 4.28. The Kier molecular flexibility index (Phi) is 4.59. The number of halogens is 1. The molecule has 0 saturated carbocycles. The number of rotatable bonds is 2. The molecular weight excluding hydrogens is 366 g/mol. The maximum atomic E-state index is 12.6. The number of benzene rings is 2. The number of hydrogen-bond donors (Lipinski definition) is 0. The van der Waals surface area contributed by atoms with Crippen molar-refractivity contribution in [3.8, 4) is 0 Å². The summed E-state index contributed by atoms with van der Waals surface area (Å²) in [5, 5.41) is 1.69. The van der Waals surface area contributed by atoms with Crippen molar-refractivity contribution in [2.75, 3.05) is 31.1 Å². The number of anilines is 1.